The van der Waals surface area contributed by atoms with Gasteiger partial charge in [0.2, 0.25) is 0 Å². The maximum Gasteiger partial charge on any atom is 0.183 e. The highest BCUT2D eigenvalue weighted by atomic mass is 35.5. The predicted molar refractivity (Wildman–Crippen MR) is 90.4 cm³/mol. The second kappa shape index (κ2) is 6.11. The Balaban J connectivity index is 2.03. The minimum atomic E-state index is -3.71. The minimum Gasteiger partial charge on any atom is -0.383 e. The Bertz CT molecular complexity index is 856. The van der Waals surface area contributed by atoms with Crippen LogP contribution in [-0.4, -0.2) is 32.9 Å². The second-order valence-corrected chi connectivity index (χ2v) is 8.50. The normalized spacial score (nSPS) is 26.3. The van der Waals surface area contributed by atoms with Crippen molar-refractivity contribution >= 4 is 21.4 Å². The van der Waals surface area contributed by atoms with E-state index < -0.39 is 32.4 Å². The zero-order valence-electron chi connectivity index (χ0n) is 12.9. The number of halogens is 2. The summed E-state index contributed by atoms with van der Waals surface area (Å²) >= 11 is 5.82. The number of nitrogens with two attached hydrogens (primary N) is 1. The van der Waals surface area contributed by atoms with Crippen LogP contribution >= 0.6 is 11.6 Å². The molecule has 2 aromatic rings. The quantitative estimate of drug-likeness (QED) is 0.879. The summed E-state index contributed by atoms with van der Waals surface area (Å²) in [5.41, 5.74) is 5.79. The van der Waals surface area contributed by atoms with Crippen molar-refractivity contribution in [2.45, 2.75) is 21.6 Å². The lowest BCUT2D eigenvalue weighted by molar-refractivity contribution is 0.171. The third-order valence-electron chi connectivity index (χ3n) is 4.38. The second-order valence-electron chi connectivity index (χ2n) is 6.00. The summed E-state index contributed by atoms with van der Waals surface area (Å²) in [7, 11) is -2.25. The molecule has 3 atom stereocenters. The average Bonchev–Trinajstić information content (AvgIpc) is 3.14. The van der Waals surface area contributed by atoms with E-state index in [0.717, 1.165) is 0 Å². The molecule has 24 heavy (non-hydrogen) atoms. The van der Waals surface area contributed by atoms with E-state index >= 15 is 0 Å². The maximum absolute atomic E-state index is 13.5. The van der Waals surface area contributed by atoms with Gasteiger partial charge in [0.25, 0.3) is 0 Å². The molecule has 1 saturated carbocycles. The molecule has 7 heteroatoms. The van der Waals surface area contributed by atoms with Gasteiger partial charge in [-0.2, -0.15) is 0 Å². The molecule has 128 valence electrons. The van der Waals surface area contributed by atoms with Crippen molar-refractivity contribution in [3.05, 3.63) is 64.9 Å². The Labute approximate surface area is 145 Å². The lowest BCUT2D eigenvalue weighted by Crippen LogP contribution is -2.35. The van der Waals surface area contributed by atoms with Crippen molar-refractivity contribution < 1.29 is 17.5 Å². The van der Waals surface area contributed by atoms with Gasteiger partial charge in [-0.25, -0.2) is 12.8 Å². The van der Waals surface area contributed by atoms with E-state index in [1.807, 2.05) is 0 Å². The molecule has 0 saturated heterocycles. The Morgan fingerprint density at radius 2 is 1.92 bits per heavy atom. The van der Waals surface area contributed by atoms with Gasteiger partial charge in [0.05, 0.1) is 22.3 Å². The van der Waals surface area contributed by atoms with Gasteiger partial charge < -0.3 is 10.5 Å². The van der Waals surface area contributed by atoms with Gasteiger partial charge in [-0.1, -0.05) is 23.7 Å². The van der Waals surface area contributed by atoms with Crippen LogP contribution in [0.1, 0.15) is 11.5 Å². The number of benzene rings is 2. The molecule has 4 nitrogen and oxygen atoms in total. The highest BCUT2D eigenvalue weighted by Crippen LogP contribution is 2.55. The van der Waals surface area contributed by atoms with Crippen molar-refractivity contribution in [2.75, 3.05) is 13.7 Å². The number of hydrogen-bond acceptors (Lipinski definition) is 4. The summed E-state index contributed by atoms with van der Waals surface area (Å²) in [6.45, 7) is 0.0612. The first-order valence-corrected chi connectivity index (χ1v) is 9.26. The van der Waals surface area contributed by atoms with Crippen LogP contribution in [-0.2, 0) is 14.6 Å². The Kier molecular flexibility index (Phi) is 4.42. The van der Waals surface area contributed by atoms with E-state index in [2.05, 4.69) is 0 Å². The number of methoxy groups -OCH3 is 1. The molecule has 2 aromatic carbocycles. The molecular formula is C17H17ClFNO3S. The average molecular weight is 370 g/mol. The van der Waals surface area contributed by atoms with Crippen molar-refractivity contribution in [3.63, 3.8) is 0 Å². The van der Waals surface area contributed by atoms with Gasteiger partial charge in [-0.05, 0) is 42.0 Å². The third-order valence-corrected chi connectivity index (χ3v) is 6.94. The van der Waals surface area contributed by atoms with Gasteiger partial charge in [-0.15, -0.1) is 0 Å². The van der Waals surface area contributed by atoms with Gasteiger partial charge >= 0.3 is 0 Å². The largest absolute Gasteiger partial charge is 0.383 e. The highest BCUT2D eigenvalue weighted by molar-refractivity contribution is 7.92. The molecule has 0 bridgehead atoms. The van der Waals surface area contributed by atoms with Crippen molar-refractivity contribution in [1.29, 1.82) is 0 Å². The van der Waals surface area contributed by atoms with Crippen LogP contribution in [0.15, 0.2) is 53.4 Å². The summed E-state index contributed by atoms with van der Waals surface area (Å²) in [6.07, 6.45) is 0. The van der Waals surface area contributed by atoms with E-state index in [-0.39, 0.29) is 11.5 Å². The molecule has 0 amide bonds. The Hall–Kier alpha value is -1.47. The summed E-state index contributed by atoms with van der Waals surface area (Å²) < 4.78 is 44.7. The van der Waals surface area contributed by atoms with Crippen LogP contribution in [0.4, 0.5) is 4.39 Å². The fourth-order valence-corrected chi connectivity index (χ4v) is 5.69. The molecule has 0 radical (unpaired) electrons. The molecule has 0 spiro atoms. The van der Waals surface area contributed by atoms with E-state index in [9.17, 15) is 12.8 Å². The van der Waals surface area contributed by atoms with Crippen LogP contribution in [0.2, 0.25) is 5.02 Å². The van der Waals surface area contributed by atoms with E-state index in [1.54, 1.807) is 12.1 Å². The minimum absolute atomic E-state index is 0.0612. The Morgan fingerprint density at radius 1 is 1.25 bits per heavy atom. The van der Waals surface area contributed by atoms with E-state index in [4.69, 9.17) is 22.1 Å². The molecule has 1 aliphatic carbocycles. The summed E-state index contributed by atoms with van der Waals surface area (Å²) in [5, 5.41) is -0.435. The topological polar surface area (TPSA) is 69.4 Å². The molecular weight excluding hydrogens is 353 g/mol. The molecule has 0 unspecified atom stereocenters. The number of hydrogen-bond donors (Lipinski definition) is 1. The van der Waals surface area contributed by atoms with Gasteiger partial charge in [0.1, 0.15) is 5.82 Å². The van der Waals surface area contributed by atoms with E-state index in [1.165, 1.54) is 43.5 Å². The fraction of sp³-hybridized carbons (Fsp3) is 0.294. The van der Waals surface area contributed by atoms with Crippen molar-refractivity contribution in [3.8, 4) is 0 Å². The monoisotopic (exact) mass is 369 g/mol. The number of sulfone groups is 1. The van der Waals surface area contributed by atoms with Crippen LogP contribution in [0.25, 0.3) is 0 Å². The van der Waals surface area contributed by atoms with Gasteiger partial charge in [0.15, 0.2) is 9.84 Å². The standard InChI is InChI=1S/C17H17ClFNO3S/c1-23-10-17(20)15(11-3-2-4-13(19)9-11)16(17)24(21,22)14-7-5-12(18)6-8-14/h2-9,15-16H,10,20H2,1H3/t15-,16-,17+/m1/s1. The summed E-state index contributed by atoms with van der Waals surface area (Å²) in [4.78, 5) is 0.140. The van der Waals surface area contributed by atoms with Gasteiger partial charge in [-0.3, -0.25) is 0 Å². The number of rotatable bonds is 5. The predicted octanol–water partition coefficient (Wildman–Crippen LogP) is 2.76. The third kappa shape index (κ3) is 2.84. The molecule has 2 N–H and O–H groups in total. The van der Waals surface area contributed by atoms with Crippen LogP contribution in [0.3, 0.4) is 0 Å². The number of ether oxygens (including phenoxy) is 1. The van der Waals surface area contributed by atoms with Gasteiger partial charge in [0, 0.05) is 18.1 Å². The molecule has 0 aromatic heterocycles. The summed E-state index contributed by atoms with van der Waals surface area (Å²) in [5.74, 6) is -0.962. The highest BCUT2D eigenvalue weighted by Gasteiger charge is 2.69. The van der Waals surface area contributed by atoms with E-state index in [0.29, 0.717) is 10.6 Å². The molecule has 1 fully saturated rings. The lowest BCUT2D eigenvalue weighted by Gasteiger charge is -2.11. The van der Waals surface area contributed by atoms with Crippen molar-refractivity contribution in [2.24, 2.45) is 5.73 Å². The van der Waals surface area contributed by atoms with Crippen LogP contribution in [0, 0.1) is 5.82 Å². The maximum atomic E-state index is 13.5. The zero-order chi connectivity index (χ0) is 17.5. The smallest absolute Gasteiger partial charge is 0.183 e. The summed E-state index contributed by atoms with van der Waals surface area (Å²) in [6, 6.07) is 11.8. The lowest BCUT2D eigenvalue weighted by atomic mass is 10.1. The fourth-order valence-electron chi connectivity index (χ4n) is 3.27. The first-order chi connectivity index (χ1) is 11.3. The van der Waals surface area contributed by atoms with Crippen LogP contribution < -0.4 is 5.73 Å². The van der Waals surface area contributed by atoms with Crippen LogP contribution in [0.5, 0.6) is 0 Å². The first kappa shape index (κ1) is 17.4. The molecule has 3 rings (SSSR count). The molecule has 1 aliphatic rings. The van der Waals surface area contributed by atoms with Crippen molar-refractivity contribution in [1.82, 2.24) is 0 Å². The molecule has 0 aliphatic heterocycles. The first-order valence-electron chi connectivity index (χ1n) is 7.33. The molecule has 0 heterocycles. The zero-order valence-corrected chi connectivity index (χ0v) is 14.5. The Morgan fingerprint density at radius 3 is 2.50 bits per heavy atom. The SMILES string of the molecule is COC[C@]1(N)[C@H](c2cccc(F)c2)[C@H]1S(=O)(=O)c1ccc(Cl)cc1.